The fourth-order valence-corrected chi connectivity index (χ4v) is 5.72. The number of hydrogen-bond acceptors (Lipinski definition) is 5. The van der Waals surface area contributed by atoms with Gasteiger partial charge in [-0.3, -0.25) is 9.59 Å². The normalized spacial score (nSPS) is 20.9. The van der Waals surface area contributed by atoms with E-state index in [-0.39, 0.29) is 30.3 Å². The molecule has 6 rings (SSSR count). The second-order valence-electron chi connectivity index (χ2n) is 9.45. The SMILES string of the molecule is CC1=CC(=O)C2=C(C[C@@H]3C(=CCn4c(=O)n(-c5ccccc5)c(=O)n43)[C@@H]2c2cccc(C)c2O)C1=O. The highest BCUT2D eigenvalue weighted by Crippen LogP contribution is 2.51. The number of para-hydroxylation sites is 2. The van der Waals surface area contributed by atoms with Gasteiger partial charge in [-0.2, -0.15) is 0 Å². The molecule has 2 aromatic carbocycles. The van der Waals surface area contributed by atoms with E-state index in [1.165, 1.54) is 15.4 Å². The van der Waals surface area contributed by atoms with Gasteiger partial charge in [0.15, 0.2) is 11.6 Å². The number of aryl methyl sites for hydroxylation is 1. The molecule has 3 aromatic rings. The fraction of sp³-hybridized carbons (Fsp3) is 0.214. The van der Waals surface area contributed by atoms with Crippen molar-refractivity contribution < 1.29 is 14.7 Å². The molecular weight excluding hydrogens is 458 g/mol. The number of aromatic nitrogens is 3. The molecule has 2 aliphatic carbocycles. The number of phenols is 1. The predicted octanol–water partition coefficient (Wildman–Crippen LogP) is 2.88. The van der Waals surface area contributed by atoms with Crippen molar-refractivity contribution in [3.8, 4) is 11.4 Å². The highest BCUT2D eigenvalue weighted by molar-refractivity contribution is 6.23. The first-order valence-electron chi connectivity index (χ1n) is 11.8. The molecule has 36 heavy (non-hydrogen) atoms. The summed E-state index contributed by atoms with van der Waals surface area (Å²) in [6.45, 7) is 3.50. The summed E-state index contributed by atoms with van der Waals surface area (Å²) in [5.74, 6) is -1.20. The maximum absolute atomic E-state index is 13.7. The lowest BCUT2D eigenvalue weighted by Gasteiger charge is -2.39. The molecule has 2 atom stereocenters. The van der Waals surface area contributed by atoms with Crippen LogP contribution < -0.4 is 11.4 Å². The molecule has 0 fully saturated rings. The van der Waals surface area contributed by atoms with Crippen LogP contribution in [0, 0.1) is 6.92 Å². The minimum absolute atomic E-state index is 0.0413. The Labute approximate surface area is 205 Å². The Bertz CT molecular complexity index is 1690. The molecule has 2 heterocycles. The van der Waals surface area contributed by atoms with Crippen molar-refractivity contribution >= 4 is 11.6 Å². The summed E-state index contributed by atoms with van der Waals surface area (Å²) < 4.78 is 3.90. The van der Waals surface area contributed by atoms with Gasteiger partial charge < -0.3 is 5.11 Å². The molecule has 0 saturated carbocycles. The van der Waals surface area contributed by atoms with Gasteiger partial charge in [-0.05, 0) is 43.2 Å². The zero-order chi connectivity index (χ0) is 25.3. The van der Waals surface area contributed by atoms with Gasteiger partial charge in [0.05, 0.1) is 18.3 Å². The first-order valence-corrected chi connectivity index (χ1v) is 11.8. The molecule has 0 radical (unpaired) electrons. The molecule has 180 valence electrons. The molecule has 1 aliphatic heterocycles. The zero-order valence-corrected chi connectivity index (χ0v) is 19.8. The number of allylic oxidation sites excluding steroid dienone is 6. The van der Waals surface area contributed by atoms with Gasteiger partial charge >= 0.3 is 11.4 Å². The molecule has 0 unspecified atom stereocenters. The van der Waals surface area contributed by atoms with Gasteiger partial charge in [0, 0.05) is 34.6 Å². The number of benzene rings is 2. The summed E-state index contributed by atoms with van der Waals surface area (Å²) in [5.41, 5.74) is 2.32. The van der Waals surface area contributed by atoms with Gasteiger partial charge in [-0.15, -0.1) is 0 Å². The molecule has 0 bridgehead atoms. The number of carbonyl (C=O) groups excluding carboxylic acids is 2. The summed E-state index contributed by atoms with van der Waals surface area (Å²) in [6, 6.07) is 13.3. The Morgan fingerprint density at radius 1 is 0.917 bits per heavy atom. The number of fused-ring (bicyclic) bond motifs is 3. The van der Waals surface area contributed by atoms with E-state index >= 15 is 0 Å². The molecular formula is C28H23N3O5. The third-order valence-corrected chi connectivity index (χ3v) is 7.42. The molecule has 1 N–H and O–H groups in total. The van der Waals surface area contributed by atoms with Crippen LogP contribution in [0.4, 0.5) is 0 Å². The predicted molar refractivity (Wildman–Crippen MR) is 132 cm³/mol. The van der Waals surface area contributed by atoms with Gasteiger partial charge in [-0.1, -0.05) is 42.5 Å². The van der Waals surface area contributed by atoms with Crippen molar-refractivity contribution in [2.45, 2.75) is 38.8 Å². The fourth-order valence-electron chi connectivity index (χ4n) is 5.72. The Morgan fingerprint density at radius 2 is 1.67 bits per heavy atom. The second kappa shape index (κ2) is 7.78. The smallest absolute Gasteiger partial charge is 0.352 e. The maximum Gasteiger partial charge on any atom is 0.352 e. The van der Waals surface area contributed by atoms with Crippen molar-refractivity contribution in [3.05, 3.63) is 115 Å². The molecule has 0 amide bonds. The van der Waals surface area contributed by atoms with Crippen LogP contribution in [0.5, 0.6) is 5.75 Å². The van der Waals surface area contributed by atoms with Gasteiger partial charge in [0.2, 0.25) is 0 Å². The van der Waals surface area contributed by atoms with Crippen molar-refractivity contribution in [1.82, 2.24) is 13.9 Å². The Morgan fingerprint density at radius 3 is 2.42 bits per heavy atom. The lowest BCUT2D eigenvalue weighted by Crippen LogP contribution is -2.40. The third-order valence-electron chi connectivity index (χ3n) is 7.42. The highest BCUT2D eigenvalue weighted by atomic mass is 16.3. The van der Waals surface area contributed by atoms with Crippen molar-refractivity contribution in [2.24, 2.45) is 0 Å². The average Bonchev–Trinajstić information content (AvgIpc) is 3.13. The average molecular weight is 482 g/mol. The first-order chi connectivity index (χ1) is 17.3. The number of rotatable bonds is 2. The molecule has 8 heteroatoms. The Hall–Kier alpha value is -4.46. The summed E-state index contributed by atoms with van der Waals surface area (Å²) >= 11 is 0. The Kier molecular flexibility index (Phi) is 4.76. The number of carbonyl (C=O) groups is 2. The third kappa shape index (κ3) is 2.94. The minimum Gasteiger partial charge on any atom is -0.507 e. The van der Waals surface area contributed by atoms with Crippen LogP contribution in [-0.4, -0.2) is 30.6 Å². The van der Waals surface area contributed by atoms with Gasteiger partial charge in [-0.25, -0.2) is 23.5 Å². The monoisotopic (exact) mass is 481 g/mol. The van der Waals surface area contributed by atoms with Gasteiger partial charge in [0.25, 0.3) is 0 Å². The molecule has 3 aliphatic rings. The second-order valence-corrected chi connectivity index (χ2v) is 9.45. The van der Waals surface area contributed by atoms with Crippen LogP contribution in [0.25, 0.3) is 5.69 Å². The van der Waals surface area contributed by atoms with E-state index < -0.39 is 23.3 Å². The number of hydrogen-bond donors (Lipinski definition) is 1. The lowest BCUT2D eigenvalue weighted by molar-refractivity contribution is -0.116. The number of phenolic OH excluding ortho intramolecular Hbond substituents is 1. The van der Waals surface area contributed by atoms with E-state index in [0.29, 0.717) is 33.5 Å². The van der Waals surface area contributed by atoms with E-state index in [2.05, 4.69) is 0 Å². The lowest BCUT2D eigenvalue weighted by atomic mass is 9.67. The molecule has 8 nitrogen and oxygen atoms in total. The zero-order valence-electron chi connectivity index (χ0n) is 19.8. The minimum atomic E-state index is -0.713. The van der Waals surface area contributed by atoms with Crippen molar-refractivity contribution in [2.75, 3.05) is 0 Å². The largest absolute Gasteiger partial charge is 0.507 e. The maximum atomic E-state index is 13.7. The van der Waals surface area contributed by atoms with Crippen LogP contribution >= 0.6 is 0 Å². The van der Waals surface area contributed by atoms with Crippen LogP contribution in [-0.2, 0) is 16.1 Å². The van der Waals surface area contributed by atoms with Gasteiger partial charge in [0.1, 0.15) is 5.75 Å². The molecule has 1 aromatic heterocycles. The van der Waals surface area contributed by atoms with E-state index in [4.69, 9.17) is 0 Å². The van der Waals surface area contributed by atoms with E-state index in [9.17, 15) is 24.3 Å². The Balaban J connectivity index is 1.62. The van der Waals surface area contributed by atoms with Crippen LogP contribution in [0.15, 0.2) is 92.6 Å². The quantitative estimate of drug-likeness (QED) is 0.448. The molecule has 0 spiro atoms. The highest BCUT2D eigenvalue weighted by Gasteiger charge is 2.45. The first kappa shape index (κ1) is 22.0. The number of aromatic hydroxyl groups is 1. The molecule has 0 saturated heterocycles. The standard InChI is InChI=1S/C28H23N3O5/c1-15-7-6-10-19(25(15)33)23-18-11-12-29-27(35)30(17-8-4-3-5-9-17)28(36)31(29)21(18)14-20-24(23)22(32)13-16(2)26(20)34/h3-11,13,21,23,33H,12,14H2,1-2H3/t21-,23-/m1/s1. The van der Waals surface area contributed by atoms with Crippen LogP contribution in [0.3, 0.4) is 0 Å². The summed E-state index contributed by atoms with van der Waals surface area (Å²) in [6.07, 6.45) is 3.30. The summed E-state index contributed by atoms with van der Waals surface area (Å²) in [7, 11) is 0. The topological polar surface area (TPSA) is 103 Å². The number of ketones is 2. The summed E-state index contributed by atoms with van der Waals surface area (Å²) in [4.78, 5) is 53.5. The summed E-state index contributed by atoms with van der Waals surface area (Å²) in [5, 5.41) is 11.0. The van der Waals surface area contributed by atoms with E-state index in [1.807, 2.05) is 6.08 Å². The van der Waals surface area contributed by atoms with E-state index in [1.54, 1.807) is 62.4 Å². The number of nitrogens with zero attached hydrogens (tertiary/aromatic N) is 3. The van der Waals surface area contributed by atoms with E-state index in [0.717, 1.165) is 10.1 Å². The van der Waals surface area contributed by atoms with Crippen LogP contribution in [0.1, 0.15) is 36.4 Å². The van der Waals surface area contributed by atoms with Crippen LogP contribution in [0.2, 0.25) is 0 Å². The van der Waals surface area contributed by atoms with Crippen molar-refractivity contribution in [3.63, 3.8) is 0 Å². The van der Waals surface area contributed by atoms with Crippen molar-refractivity contribution in [1.29, 1.82) is 0 Å². The number of Topliss-reactive ketones (excluding diaryl/α,β-unsaturated/α-hetero) is 1.